The van der Waals surface area contributed by atoms with Gasteiger partial charge in [-0.05, 0) is 19.1 Å². The highest BCUT2D eigenvalue weighted by molar-refractivity contribution is 5.87. The molecule has 0 radical (unpaired) electrons. The third-order valence-electron chi connectivity index (χ3n) is 4.38. The Balaban J connectivity index is 1.56. The van der Waals surface area contributed by atoms with Crippen molar-refractivity contribution in [3.05, 3.63) is 40.9 Å². The lowest BCUT2D eigenvalue weighted by Gasteiger charge is -2.29. The van der Waals surface area contributed by atoms with Gasteiger partial charge in [-0.3, -0.25) is 19.0 Å². The number of aromatic nitrogens is 2. The molecule has 2 amide bonds. The van der Waals surface area contributed by atoms with E-state index >= 15 is 0 Å². The first-order valence-electron chi connectivity index (χ1n) is 8.66. The molecule has 0 bridgehead atoms. The van der Waals surface area contributed by atoms with Gasteiger partial charge in [-0.25, -0.2) is 4.98 Å². The number of carbonyl (C=O) groups excluding carboxylic acids is 2. The van der Waals surface area contributed by atoms with Gasteiger partial charge in [-0.2, -0.15) is 0 Å². The Morgan fingerprint density at radius 2 is 2.00 bits per heavy atom. The topological polar surface area (TPSA) is 93.5 Å². The van der Waals surface area contributed by atoms with Crippen molar-refractivity contribution in [1.29, 1.82) is 0 Å². The fourth-order valence-electron chi connectivity index (χ4n) is 2.92. The van der Waals surface area contributed by atoms with E-state index in [1.54, 1.807) is 30.0 Å². The smallest absolute Gasteiger partial charge is 0.261 e. The first-order chi connectivity index (χ1) is 12.6. The van der Waals surface area contributed by atoms with Crippen molar-refractivity contribution < 1.29 is 14.3 Å². The van der Waals surface area contributed by atoms with Crippen LogP contribution < -0.4 is 10.9 Å². The molecule has 138 valence electrons. The first kappa shape index (κ1) is 18.1. The molecule has 1 atom stereocenters. The minimum atomic E-state index is -0.605. The Morgan fingerprint density at radius 1 is 1.27 bits per heavy atom. The summed E-state index contributed by atoms with van der Waals surface area (Å²) in [5.74, 6) is -0.398. The summed E-state index contributed by atoms with van der Waals surface area (Å²) in [6, 6.07) is 6.48. The van der Waals surface area contributed by atoms with E-state index in [1.807, 2.05) is 6.07 Å². The second-order valence-electron chi connectivity index (χ2n) is 6.24. The molecule has 0 saturated carbocycles. The molecule has 1 aliphatic heterocycles. The number of rotatable bonds is 5. The summed E-state index contributed by atoms with van der Waals surface area (Å²) in [6.45, 7) is 3.99. The van der Waals surface area contributed by atoms with Crippen LogP contribution in [0.4, 0.5) is 0 Å². The minimum absolute atomic E-state index is 0.0979. The van der Waals surface area contributed by atoms with Gasteiger partial charge in [-0.1, -0.05) is 12.1 Å². The van der Waals surface area contributed by atoms with Crippen molar-refractivity contribution in [2.75, 3.05) is 26.3 Å². The van der Waals surface area contributed by atoms with Gasteiger partial charge in [0.1, 0.15) is 6.04 Å². The highest BCUT2D eigenvalue weighted by Gasteiger charge is 2.23. The van der Waals surface area contributed by atoms with E-state index in [0.717, 1.165) is 0 Å². The average molecular weight is 358 g/mol. The Bertz CT molecular complexity index is 858. The highest BCUT2D eigenvalue weighted by Crippen LogP contribution is 2.05. The van der Waals surface area contributed by atoms with E-state index in [-0.39, 0.29) is 30.3 Å². The van der Waals surface area contributed by atoms with Gasteiger partial charge < -0.3 is 15.0 Å². The third kappa shape index (κ3) is 4.08. The molecule has 1 aromatic carbocycles. The summed E-state index contributed by atoms with van der Waals surface area (Å²) in [5, 5.41) is 3.22. The number of carbonyl (C=O) groups is 2. The molecule has 0 spiro atoms. The number of aryl methyl sites for hydroxylation is 1. The summed E-state index contributed by atoms with van der Waals surface area (Å²) in [6.07, 6.45) is 1.54. The number of amides is 2. The SMILES string of the molecule is C[C@H](NC(=O)CCn1cnc2ccccc2c1=O)C(=O)N1CCOCC1. The zero-order chi connectivity index (χ0) is 18.5. The average Bonchev–Trinajstić information content (AvgIpc) is 2.67. The van der Waals surface area contributed by atoms with E-state index < -0.39 is 6.04 Å². The van der Waals surface area contributed by atoms with E-state index in [1.165, 1.54) is 10.9 Å². The number of morpholine rings is 1. The van der Waals surface area contributed by atoms with Crippen LogP contribution in [-0.2, 0) is 20.9 Å². The Hall–Kier alpha value is -2.74. The maximum absolute atomic E-state index is 12.4. The van der Waals surface area contributed by atoms with E-state index in [9.17, 15) is 14.4 Å². The van der Waals surface area contributed by atoms with Gasteiger partial charge in [-0.15, -0.1) is 0 Å². The second-order valence-corrected chi connectivity index (χ2v) is 6.24. The van der Waals surface area contributed by atoms with Crippen molar-refractivity contribution in [2.45, 2.75) is 25.9 Å². The van der Waals surface area contributed by atoms with Crippen molar-refractivity contribution >= 4 is 22.7 Å². The largest absolute Gasteiger partial charge is 0.378 e. The van der Waals surface area contributed by atoms with Gasteiger partial charge in [0.15, 0.2) is 0 Å². The van der Waals surface area contributed by atoms with Gasteiger partial charge in [0.05, 0.1) is 30.4 Å². The number of hydrogen-bond acceptors (Lipinski definition) is 5. The zero-order valence-electron chi connectivity index (χ0n) is 14.7. The Labute approximate surface area is 150 Å². The number of hydrogen-bond donors (Lipinski definition) is 1. The molecule has 0 aliphatic carbocycles. The number of benzene rings is 1. The molecule has 2 heterocycles. The normalized spacial score (nSPS) is 15.7. The minimum Gasteiger partial charge on any atom is -0.378 e. The van der Waals surface area contributed by atoms with Crippen LogP contribution in [-0.4, -0.2) is 58.6 Å². The van der Waals surface area contributed by atoms with E-state index in [0.29, 0.717) is 37.2 Å². The molecule has 1 aliphatic rings. The van der Waals surface area contributed by atoms with Crippen LogP contribution in [0, 0.1) is 0 Å². The molecule has 8 heteroatoms. The summed E-state index contributed by atoms with van der Waals surface area (Å²) in [5.41, 5.74) is 0.448. The van der Waals surface area contributed by atoms with Crippen LogP contribution in [0.5, 0.6) is 0 Å². The molecular weight excluding hydrogens is 336 g/mol. The van der Waals surface area contributed by atoms with Crippen LogP contribution in [0.1, 0.15) is 13.3 Å². The first-order valence-corrected chi connectivity index (χ1v) is 8.66. The molecule has 0 unspecified atom stereocenters. The highest BCUT2D eigenvalue weighted by atomic mass is 16.5. The summed E-state index contributed by atoms with van der Waals surface area (Å²) >= 11 is 0. The van der Waals surface area contributed by atoms with Crippen LogP contribution >= 0.6 is 0 Å². The van der Waals surface area contributed by atoms with Gasteiger partial charge in [0.2, 0.25) is 11.8 Å². The lowest BCUT2D eigenvalue weighted by atomic mass is 10.2. The van der Waals surface area contributed by atoms with Crippen LogP contribution in [0.25, 0.3) is 10.9 Å². The summed E-state index contributed by atoms with van der Waals surface area (Å²) < 4.78 is 6.63. The van der Waals surface area contributed by atoms with Crippen molar-refractivity contribution in [2.24, 2.45) is 0 Å². The summed E-state index contributed by atoms with van der Waals surface area (Å²) in [7, 11) is 0. The van der Waals surface area contributed by atoms with Gasteiger partial charge in [0.25, 0.3) is 5.56 Å². The maximum atomic E-state index is 12.4. The lowest BCUT2D eigenvalue weighted by molar-refractivity contribution is -0.139. The molecule has 2 aromatic rings. The number of para-hydroxylation sites is 1. The Kier molecular flexibility index (Phi) is 5.62. The molecule has 3 rings (SSSR count). The fraction of sp³-hybridized carbons (Fsp3) is 0.444. The van der Waals surface area contributed by atoms with Crippen molar-refractivity contribution in [3.63, 3.8) is 0 Å². The molecular formula is C18H22N4O4. The van der Waals surface area contributed by atoms with Crippen molar-refractivity contribution in [1.82, 2.24) is 19.8 Å². The van der Waals surface area contributed by atoms with Gasteiger partial charge in [0, 0.05) is 26.1 Å². The molecule has 26 heavy (non-hydrogen) atoms. The Morgan fingerprint density at radius 3 is 2.77 bits per heavy atom. The fourth-order valence-corrected chi connectivity index (χ4v) is 2.92. The summed E-state index contributed by atoms with van der Waals surface area (Å²) in [4.78, 5) is 42.8. The monoisotopic (exact) mass is 358 g/mol. The molecule has 8 nitrogen and oxygen atoms in total. The number of nitrogens with one attached hydrogen (secondary N) is 1. The van der Waals surface area contributed by atoms with Crippen molar-refractivity contribution in [3.8, 4) is 0 Å². The predicted molar refractivity (Wildman–Crippen MR) is 95.6 cm³/mol. The predicted octanol–water partition coefficient (Wildman–Crippen LogP) is 0.150. The molecule has 1 fully saturated rings. The standard InChI is InChI=1S/C18H22N4O4/c1-13(17(24)21-8-10-26-11-9-21)20-16(23)6-7-22-12-19-15-5-3-2-4-14(15)18(22)25/h2-5,12-13H,6-11H2,1H3,(H,20,23)/t13-/m0/s1. The van der Waals surface area contributed by atoms with E-state index in [2.05, 4.69) is 10.3 Å². The van der Waals surface area contributed by atoms with Crippen LogP contribution in [0.15, 0.2) is 35.4 Å². The second kappa shape index (κ2) is 8.09. The zero-order valence-corrected chi connectivity index (χ0v) is 14.7. The van der Waals surface area contributed by atoms with Crippen LogP contribution in [0.2, 0.25) is 0 Å². The van der Waals surface area contributed by atoms with Crippen LogP contribution in [0.3, 0.4) is 0 Å². The third-order valence-corrected chi connectivity index (χ3v) is 4.38. The molecule has 1 saturated heterocycles. The quantitative estimate of drug-likeness (QED) is 0.821. The lowest BCUT2D eigenvalue weighted by Crippen LogP contribution is -2.50. The number of ether oxygens (including phenoxy) is 1. The number of fused-ring (bicyclic) bond motifs is 1. The molecule has 1 N–H and O–H groups in total. The van der Waals surface area contributed by atoms with Gasteiger partial charge >= 0.3 is 0 Å². The molecule has 1 aromatic heterocycles. The maximum Gasteiger partial charge on any atom is 0.261 e. The van der Waals surface area contributed by atoms with E-state index in [4.69, 9.17) is 4.74 Å². The number of nitrogens with zero attached hydrogens (tertiary/aromatic N) is 3.